The number of amides is 1. The van der Waals surface area contributed by atoms with Crippen LogP contribution < -0.4 is 0 Å². The van der Waals surface area contributed by atoms with Gasteiger partial charge in [0.05, 0.1) is 11.1 Å². The topological polar surface area (TPSA) is 33.2 Å². The van der Waals surface area contributed by atoms with Gasteiger partial charge in [0.2, 0.25) is 0 Å². The van der Waals surface area contributed by atoms with E-state index in [1.54, 1.807) is 29.3 Å². The van der Waals surface area contributed by atoms with Gasteiger partial charge in [-0.3, -0.25) is 9.78 Å². The van der Waals surface area contributed by atoms with Crippen LogP contribution in [-0.4, -0.2) is 28.9 Å². The Balaban J connectivity index is 2.45. The minimum atomic E-state index is -0.0293. The number of para-hydroxylation sites is 1. The molecule has 1 aromatic carbocycles. The van der Waals surface area contributed by atoms with Gasteiger partial charge < -0.3 is 4.90 Å². The van der Waals surface area contributed by atoms with Crippen LogP contribution in [0.2, 0.25) is 0 Å². The second-order valence-corrected chi connectivity index (χ2v) is 4.16. The van der Waals surface area contributed by atoms with Gasteiger partial charge in [0.1, 0.15) is 0 Å². The highest BCUT2D eigenvalue weighted by Crippen LogP contribution is 2.18. The molecule has 2 rings (SSSR count). The van der Waals surface area contributed by atoms with Crippen molar-refractivity contribution in [1.82, 2.24) is 9.88 Å². The summed E-state index contributed by atoms with van der Waals surface area (Å²) in [5, 5.41) is 0.869. The van der Waals surface area contributed by atoms with Crippen molar-refractivity contribution in [1.29, 1.82) is 0 Å². The van der Waals surface area contributed by atoms with E-state index in [9.17, 15) is 4.79 Å². The molecule has 0 unspecified atom stereocenters. The standard InChI is InChI=1S/C16H16N2O/c1-3-11-18(12-4-2)16(19)14-9-10-17-15-8-6-5-7-13(14)15/h3-10H,1-2,11-12H2. The molecule has 0 radical (unpaired) electrons. The van der Waals surface area contributed by atoms with Gasteiger partial charge in [0.15, 0.2) is 0 Å². The second-order valence-electron chi connectivity index (χ2n) is 4.16. The normalized spacial score (nSPS) is 10.1. The average molecular weight is 252 g/mol. The molecule has 0 fully saturated rings. The molecule has 1 heterocycles. The molecule has 0 N–H and O–H groups in total. The molecule has 19 heavy (non-hydrogen) atoms. The summed E-state index contributed by atoms with van der Waals surface area (Å²) in [5.41, 5.74) is 1.49. The van der Waals surface area contributed by atoms with Crippen LogP contribution in [0, 0.1) is 0 Å². The first kappa shape index (κ1) is 13.0. The van der Waals surface area contributed by atoms with E-state index in [-0.39, 0.29) is 5.91 Å². The van der Waals surface area contributed by atoms with Crippen LogP contribution >= 0.6 is 0 Å². The molecule has 1 aromatic heterocycles. The number of nitrogens with zero attached hydrogens (tertiary/aromatic N) is 2. The second kappa shape index (κ2) is 5.96. The summed E-state index contributed by atoms with van der Waals surface area (Å²) in [7, 11) is 0. The molecule has 2 aromatic rings. The van der Waals surface area contributed by atoms with Gasteiger partial charge in [-0.25, -0.2) is 0 Å². The first-order valence-electron chi connectivity index (χ1n) is 6.12. The molecule has 0 atom stereocenters. The predicted molar refractivity (Wildman–Crippen MR) is 78.0 cm³/mol. The fourth-order valence-corrected chi connectivity index (χ4v) is 2.00. The van der Waals surface area contributed by atoms with Crippen molar-refractivity contribution in [3.05, 3.63) is 67.4 Å². The third kappa shape index (κ3) is 2.71. The van der Waals surface area contributed by atoms with Gasteiger partial charge in [-0.05, 0) is 12.1 Å². The van der Waals surface area contributed by atoms with Gasteiger partial charge in [0.25, 0.3) is 5.91 Å². The third-order valence-electron chi connectivity index (χ3n) is 2.87. The van der Waals surface area contributed by atoms with Crippen molar-refractivity contribution < 1.29 is 4.79 Å². The SMILES string of the molecule is C=CCN(CC=C)C(=O)c1ccnc2ccccc12. The lowest BCUT2D eigenvalue weighted by Gasteiger charge is -2.20. The van der Waals surface area contributed by atoms with Crippen molar-refractivity contribution in [2.45, 2.75) is 0 Å². The number of aromatic nitrogens is 1. The molecule has 0 saturated carbocycles. The molecular formula is C16H16N2O. The van der Waals surface area contributed by atoms with E-state index in [1.165, 1.54) is 0 Å². The summed E-state index contributed by atoms with van der Waals surface area (Å²) in [6.45, 7) is 8.36. The Bertz CT molecular complexity index is 604. The van der Waals surface area contributed by atoms with Crippen LogP contribution in [0.15, 0.2) is 61.8 Å². The van der Waals surface area contributed by atoms with E-state index < -0.39 is 0 Å². The van der Waals surface area contributed by atoms with Crippen LogP contribution in [0.4, 0.5) is 0 Å². The largest absolute Gasteiger partial charge is 0.331 e. The maximum absolute atomic E-state index is 12.5. The number of fused-ring (bicyclic) bond motifs is 1. The molecule has 1 amide bonds. The Morgan fingerprint density at radius 2 is 1.84 bits per heavy atom. The van der Waals surface area contributed by atoms with Crippen LogP contribution in [-0.2, 0) is 0 Å². The van der Waals surface area contributed by atoms with E-state index in [2.05, 4.69) is 18.1 Å². The molecule has 0 aliphatic carbocycles. The van der Waals surface area contributed by atoms with Crippen molar-refractivity contribution in [2.75, 3.05) is 13.1 Å². The molecule has 96 valence electrons. The molecular weight excluding hydrogens is 236 g/mol. The van der Waals surface area contributed by atoms with Gasteiger partial charge in [0, 0.05) is 24.7 Å². The molecule has 3 nitrogen and oxygen atoms in total. The highest BCUT2D eigenvalue weighted by molar-refractivity contribution is 6.06. The number of pyridine rings is 1. The van der Waals surface area contributed by atoms with Crippen molar-refractivity contribution in [3.63, 3.8) is 0 Å². The molecule has 0 bridgehead atoms. The zero-order valence-corrected chi connectivity index (χ0v) is 10.7. The minimum Gasteiger partial charge on any atom is -0.331 e. The molecule has 0 aliphatic heterocycles. The molecule has 0 saturated heterocycles. The van der Waals surface area contributed by atoms with Crippen molar-refractivity contribution in [2.24, 2.45) is 0 Å². The van der Waals surface area contributed by atoms with E-state index >= 15 is 0 Å². The van der Waals surface area contributed by atoms with Crippen LogP contribution in [0.1, 0.15) is 10.4 Å². The summed E-state index contributed by atoms with van der Waals surface area (Å²) < 4.78 is 0. The highest BCUT2D eigenvalue weighted by atomic mass is 16.2. The summed E-state index contributed by atoms with van der Waals surface area (Å²) in [4.78, 5) is 18.5. The quantitative estimate of drug-likeness (QED) is 0.766. The van der Waals surface area contributed by atoms with E-state index in [1.807, 2.05) is 24.3 Å². The zero-order chi connectivity index (χ0) is 13.7. The van der Waals surface area contributed by atoms with Gasteiger partial charge in [-0.1, -0.05) is 30.4 Å². The number of hydrogen-bond donors (Lipinski definition) is 0. The summed E-state index contributed by atoms with van der Waals surface area (Å²) >= 11 is 0. The summed E-state index contributed by atoms with van der Waals surface area (Å²) in [5.74, 6) is -0.0293. The van der Waals surface area contributed by atoms with Crippen molar-refractivity contribution in [3.8, 4) is 0 Å². The lowest BCUT2D eigenvalue weighted by Crippen LogP contribution is -2.31. The highest BCUT2D eigenvalue weighted by Gasteiger charge is 2.15. The maximum Gasteiger partial charge on any atom is 0.255 e. The average Bonchev–Trinajstić information content (AvgIpc) is 2.46. The van der Waals surface area contributed by atoms with E-state index in [0.717, 1.165) is 10.9 Å². The first-order valence-corrected chi connectivity index (χ1v) is 6.12. The monoisotopic (exact) mass is 252 g/mol. The fraction of sp³-hybridized carbons (Fsp3) is 0.125. The number of rotatable bonds is 5. The van der Waals surface area contributed by atoms with Gasteiger partial charge in [-0.2, -0.15) is 0 Å². The molecule has 0 aliphatic rings. The number of carbonyl (C=O) groups is 1. The number of hydrogen-bond acceptors (Lipinski definition) is 2. The van der Waals surface area contributed by atoms with E-state index in [0.29, 0.717) is 18.7 Å². The Kier molecular flexibility index (Phi) is 4.08. The lowest BCUT2D eigenvalue weighted by molar-refractivity contribution is 0.0792. The smallest absolute Gasteiger partial charge is 0.255 e. The van der Waals surface area contributed by atoms with E-state index in [4.69, 9.17) is 0 Å². The summed E-state index contributed by atoms with van der Waals surface area (Å²) in [6.07, 6.45) is 5.09. The predicted octanol–water partition coefficient (Wildman–Crippen LogP) is 3.05. The maximum atomic E-state index is 12.5. The van der Waals surface area contributed by atoms with Crippen LogP contribution in [0.25, 0.3) is 10.9 Å². The third-order valence-corrected chi connectivity index (χ3v) is 2.87. The minimum absolute atomic E-state index is 0.0293. The first-order chi connectivity index (χ1) is 9.27. The van der Waals surface area contributed by atoms with Gasteiger partial charge >= 0.3 is 0 Å². The van der Waals surface area contributed by atoms with Crippen molar-refractivity contribution >= 4 is 16.8 Å². The Morgan fingerprint density at radius 1 is 1.16 bits per heavy atom. The number of benzene rings is 1. The summed E-state index contributed by atoms with van der Waals surface area (Å²) in [6, 6.07) is 9.39. The Labute approximate surface area is 112 Å². The molecule has 0 spiro atoms. The zero-order valence-electron chi connectivity index (χ0n) is 10.7. The number of carbonyl (C=O) groups excluding carboxylic acids is 1. The lowest BCUT2D eigenvalue weighted by atomic mass is 10.1. The fourth-order valence-electron chi connectivity index (χ4n) is 2.00. The van der Waals surface area contributed by atoms with Gasteiger partial charge in [-0.15, -0.1) is 13.2 Å². The van der Waals surface area contributed by atoms with Crippen LogP contribution in [0.5, 0.6) is 0 Å². The molecule has 3 heteroatoms. The Hall–Kier alpha value is -2.42. The Morgan fingerprint density at radius 3 is 2.53 bits per heavy atom. The van der Waals surface area contributed by atoms with Crippen LogP contribution in [0.3, 0.4) is 0 Å².